The molecule has 3 heterocycles. The summed E-state index contributed by atoms with van der Waals surface area (Å²) in [5.74, 6) is 1.12. The molecule has 3 aromatic heterocycles. The van der Waals surface area contributed by atoms with Gasteiger partial charge in [-0.25, -0.2) is 0 Å². The molecule has 8 rings (SSSR count). The van der Waals surface area contributed by atoms with Crippen LogP contribution in [-0.4, -0.2) is 9.55 Å². The maximum atomic E-state index is 6.59. The van der Waals surface area contributed by atoms with Gasteiger partial charge in [-0.3, -0.25) is 0 Å². The molecular formula is C30H22N2O. The standard InChI is InChI=1S/C30H22N2O/c1-2-8-18(9-3-1)32-26-15-14-21-20-11-5-7-13-28(20)33-30(21)29(26)23-16-22-19-10-4-6-12-24(19)31-25(22)17-27(23)32/h1-2,4-6,8,10-12,14-17,31H,3,7,9,13H2. The second kappa shape index (κ2) is 6.29. The number of nitrogens with one attached hydrogen (secondary N) is 1. The Kier molecular flexibility index (Phi) is 3.35. The van der Waals surface area contributed by atoms with Crippen LogP contribution in [0.4, 0.5) is 0 Å². The third-order valence-corrected chi connectivity index (χ3v) is 7.43. The zero-order valence-corrected chi connectivity index (χ0v) is 18.2. The van der Waals surface area contributed by atoms with E-state index in [0.717, 1.165) is 37.0 Å². The third kappa shape index (κ3) is 2.29. The van der Waals surface area contributed by atoms with Gasteiger partial charge in [-0.2, -0.15) is 0 Å². The Labute approximate surface area is 190 Å². The van der Waals surface area contributed by atoms with Gasteiger partial charge in [0.2, 0.25) is 0 Å². The molecule has 3 aromatic carbocycles. The number of allylic oxidation sites excluding steroid dienone is 5. The van der Waals surface area contributed by atoms with Gasteiger partial charge in [-0.05, 0) is 55.7 Å². The van der Waals surface area contributed by atoms with Crippen LogP contribution in [0.5, 0.6) is 0 Å². The van der Waals surface area contributed by atoms with Crippen molar-refractivity contribution in [2.45, 2.75) is 25.7 Å². The van der Waals surface area contributed by atoms with Crippen LogP contribution in [0.3, 0.4) is 0 Å². The SMILES string of the molecule is C1=CCCC(n2c3cc4[nH]c5ccccc5c4cc3c3c4oc5c(c4ccc32)C=CCC5)=C1. The molecule has 0 saturated carbocycles. The summed E-state index contributed by atoms with van der Waals surface area (Å²) in [7, 11) is 0. The number of nitrogens with zero attached hydrogens (tertiary/aromatic N) is 1. The number of fused-ring (bicyclic) bond motifs is 10. The molecule has 0 spiro atoms. The lowest BCUT2D eigenvalue weighted by molar-refractivity contribution is 0.549. The molecule has 0 atom stereocenters. The maximum absolute atomic E-state index is 6.59. The van der Waals surface area contributed by atoms with E-state index in [1.807, 2.05) is 0 Å². The van der Waals surface area contributed by atoms with E-state index in [9.17, 15) is 0 Å². The Balaban J connectivity index is 1.60. The second-order valence-corrected chi connectivity index (χ2v) is 9.26. The number of rotatable bonds is 1. The molecule has 6 aromatic rings. The number of hydrogen-bond donors (Lipinski definition) is 1. The number of benzene rings is 3. The summed E-state index contributed by atoms with van der Waals surface area (Å²) in [6.07, 6.45) is 15.3. The molecule has 3 nitrogen and oxygen atoms in total. The fourth-order valence-corrected chi connectivity index (χ4v) is 5.94. The van der Waals surface area contributed by atoms with Crippen LogP contribution in [0.1, 0.15) is 30.6 Å². The minimum atomic E-state index is 0.975. The van der Waals surface area contributed by atoms with Gasteiger partial charge in [-0.1, -0.05) is 42.5 Å². The van der Waals surface area contributed by atoms with Gasteiger partial charge in [-0.15, -0.1) is 0 Å². The Hall–Kier alpha value is -3.98. The number of aryl methyl sites for hydroxylation is 1. The third-order valence-electron chi connectivity index (χ3n) is 7.43. The minimum absolute atomic E-state index is 0.975. The van der Waals surface area contributed by atoms with Crippen molar-refractivity contribution in [1.29, 1.82) is 0 Å². The van der Waals surface area contributed by atoms with Crippen molar-refractivity contribution < 1.29 is 4.42 Å². The number of hydrogen-bond acceptors (Lipinski definition) is 1. The van der Waals surface area contributed by atoms with Crippen LogP contribution < -0.4 is 0 Å². The van der Waals surface area contributed by atoms with Gasteiger partial charge >= 0.3 is 0 Å². The van der Waals surface area contributed by atoms with Crippen LogP contribution >= 0.6 is 0 Å². The van der Waals surface area contributed by atoms with E-state index in [0.29, 0.717) is 0 Å². The fourth-order valence-electron chi connectivity index (χ4n) is 5.94. The summed E-state index contributed by atoms with van der Waals surface area (Å²) in [4.78, 5) is 3.64. The van der Waals surface area contributed by atoms with E-state index in [-0.39, 0.29) is 0 Å². The van der Waals surface area contributed by atoms with Crippen molar-refractivity contribution in [3.8, 4) is 0 Å². The molecule has 0 radical (unpaired) electrons. The molecule has 2 aliphatic carbocycles. The quantitative estimate of drug-likeness (QED) is 0.282. The summed E-state index contributed by atoms with van der Waals surface area (Å²) in [5.41, 5.74) is 8.45. The predicted octanol–water partition coefficient (Wildman–Crippen LogP) is 8.33. The van der Waals surface area contributed by atoms with Gasteiger partial charge in [0.25, 0.3) is 0 Å². The first-order valence-electron chi connectivity index (χ1n) is 11.8. The van der Waals surface area contributed by atoms with Crippen LogP contribution in [0.2, 0.25) is 0 Å². The molecule has 158 valence electrons. The van der Waals surface area contributed by atoms with Crippen molar-refractivity contribution >= 4 is 66.4 Å². The lowest BCUT2D eigenvalue weighted by Gasteiger charge is -2.13. The van der Waals surface area contributed by atoms with E-state index in [2.05, 4.69) is 88.5 Å². The normalized spacial score (nSPS) is 15.9. The first-order chi connectivity index (χ1) is 16.4. The second-order valence-electron chi connectivity index (χ2n) is 9.26. The van der Waals surface area contributed by atoms with Gasteiger partial charge in [0.15, 0.2) is 0 Å². The van der Waals surface area contributed by atoms with E-state index in [1.165, 1.54) is 60.3 Å². The zero-order valence-electron chi connectivity index (χ0n) is 18.2. The van der Waals surface area contributed by atoms with E-state index in [4.69, 9.17) is 4.42 Å². The summed E-state index contributed by atoms with van der Waals surface area (Å²) in [6, 6.07) is 17.8. The summed E-state index contributed by atoms with van der Waals surface area (Å²) in [6.45, 7) is 0. The van der Waals surface area contributed by atoms with Crippen molar-refractivity contribution in [3.63, 3.8) is 0 Å². The summed E-state index contributed by atoms with van der Waals surface area (Å²) >= 11 is 0. The van der Waals surface area contributed by atoms with Crippen molar-refractivity contribution in [2.75, 3.05) is 0 Å². The minimum Gasteiger partial charge on any atom is -0.460 e. The molecule has 1 N–H and O–H groups in total. The highest BCUT2D eigenvalue weighted by atomic mass is 16.3. The van der Waals surface area contributed by atoms with Crippen molar-refractivity contribution in [2.24, 2.45) is 0 Å². The number of aromatic amines is 1. The molecule has 33 heavy (non-hydrogen) atoms. The molecule has 0 amide bonds. The van der Waals surface area contributed by atoms with Gasteiger partial charge in [0.05, 0.1) is 16.4 Å². The fraction of sp³-hybridized carbons (Fsp3) is 0.133. The Morgan fingerprint density at radius 3 is 2.67 bits per heavy atom. The predicted molar refractivity (Wildman–Crippen MR) is 139 cm³/mol. The van der Waals surface area contributed by atoms with Gasteiger partial charge < -0.3 is 14.0 Å². The summed E-state index contributed by atoms with van der Waals surface area (Å²) < 4.78 is 9.04. The molecular weight excluding hydrogens is 404 g/mol. The Morgan fingerprint density at radius 2 is 1.73 bits per heavy atom. The topological polar surface area (TPSA) is 33.9 Å². The van der Waals surface area contributed by atoms with Crippen LogP contribution in [0.15, 0.2) is 77.3 Å². The average Bonchev–Trinajstić information content (AvgIpc) is 3.52. The van der Waals surface area contributed by atoms with Gasteiger partial charge in [0.1, 0.15) is 11.3 Å². The van der Waals surface area contributed by atoms with E-state index < -0.39 is 0 Å². The smallest absolute Gasteiger partial charge is 0.144 e. The molecule has 3 heteroatoms. The molecule has 0 unspecified atom stereocenters. The van der Waals surface area contributed by atoms with Crippen LogP contribution in [0.25, 0.3) is 66.4 Å². The number of furan rings is 1. The van der Waals surface area contributed by atoms with E-state index in [1.54, 1.807) is 0 Å². The molecule has 0 fully saturated rings. The Bertz CT molecular complexity index is 1870. The van der Waals surface area contributed by atoms with Crippen LogP contribution in [-0.2, 0) is 6.42 Å². The Morgan fingerprint density at radius 1 is 0.788 bits per heavy atom. The molecule has 0 saturated heterocycles. The monoisotopic (exact) mass is 426 g/mol. The number of para-hydroxylation sites is 1. The zero-order chi connectivity index (χ0) is 21.5. The van der Waals surface area contributed by atoms with Crippen LogP contribution in [0, 0.1) is 0 Å². The number of H-pyrrole nitrogens is 1. The maximum Gasteiger partial charge on any atom is 0.144 e. The number of aromatic nitrogens is 2. The highest BCUT2D eigenvalue weighted by molar-refractivity contribution is 6.24. The molecule has 2 aliphatic rings. The van der Waals surface area contributed by atoms with E-state index >= 15 is 0 Å². The molecule has 0 aliphatic heterocycles. The largest absolute Gasteiger partial charge is 0.460 e. The first kappa shape index (κ1) is 17.6. The lowest BCUT2D eigenvalue weighted by Crippen LogP contribution is -1.98. The highest BCUT2D eigenvalue weighted by Gasteiger charge is 2.23. The van der Waals surface area contributed by atoms with Crippen molar-refractivity contribution in [3.05, 3.63) is 84.2 Å². The first-order valence-corrected chi connectivity index (χ1v) is 11.8. The van der Waals surface area contributed by atoms with Crippen molar-refractivity contribution in [1.82, 2.24) is 9.55 Å². The van der Waals surface area contributed by atoms with Gasteiger partial charge in [0, 0.05) is 50.3 Å². The summed E-state index contributed by atoms with van der Waals surface area (Å²) in [5, 5.41) is 6.25. The lowest BCUT2D eigenvalue weighted by atomic mass is 10.0. The molecule has 0 bridgehead atoms. The highest BCUT2D eigenvalue weighted by Crippen LogP contribution is 2.43. The average molecular weight is 427 g/mol.